The predicted molar refractivity (Wildman–Crippen MR) is 66.3 cm³/mol. The first-order valence-electron chi connectivity index (χ1n) is 5.31. The van der Waals surface area contributed by atoms with Gasteiger partial charge in [-0.1, -0.05) is 0 Å². The first-order valence-corrected chi connectivity index (χ1v) is 5.31. The lowest BCUT2D eigenvalue weighted by molar-refractivity contribution is -0.116. The van der Waals surface area contributed by atoms with Crippen LogP contribution < -0.4 is 21.9 Å². The van der Waals surface area contributed by atoms with E-state index < -0.39 is 5.91 Å². The van der Waals surface area contributed by atoms with Crippen molar-refractivity contribution in [2.45, 2.75) is 26.8 Å². The van der Waals surface area contributed by atoms with Crippen LogP contribution in [0.3, 0.4) is 0 Å². The van der Waals surface area contributed by atoms with E-state index in [9.17, 15) is 4.79 Å². The van der Waals surface area contributed by atoms with Crippen LogP contribution in [-0.2, 0) is 4.79 Å². The van der Waals surface area contributed by atoms with Crippen LogP contribution in [0, 0.1) is 6.92 Å². The van der Waals surface area contributed by atoms with Gasteiger partial charge in [-0.2, -0.15) is 0 Å². The predicted octanol–water partition coefficient (Wildman–Crippen LogP) is -0.229. The van der Waals surface area contributed by atoms with Gasteiger partial charge in [0.25, 0.3) is 0 Å². The van der Waals surface area contributed by atoms with Crippen LogP contribution >= 0.6 is 0 Å². The van der Waals surface area contributed by atoms with Crippen molar-refractivity contribution >= 4 is 17.5 Å². The molecule has 7 nitrogen and oxygen atoms in total. The number of hydrogen-bond acceptors (Lipinski definition) is 6. The van der Waals surface area contributed by atoms with Gasteiger partial charge in [-0.05, 0) is 20.8 Å². The summed E-state index contributed by atoms with van der Waals surface area (Å²) in [6.45, 7) is 5.77. The molecule has 0 unspecified atom stereocenters. The molecule has 0 radical (unpaired) electrons. The average Bonchev–Trinajstić information content (AvgIpc) is 2.24. The van der Waals surface area contributed by atoms with Gasteiger partial charge >= 0.3 is 0 Å². The van der Waals surface area contributed by atoms with Gasteiger partial charge in [0.15, 0.2) is 0 Å². The number of anilines is 2. The van der Waals surface area contributed by atoms with Crippen LogP contribution in [0.4, 0.5) is 11.6 Å². The lowest BCUT2D eigenvalue weighted by Crippen LogP contribution is -2.39. The number of rotatable bonds is 5. The van der Waals surface area contributed by atoms with Gasteiger partial charge in [0.2, 0.25) is 5.91 Å². The van der Waals surface area contributed by atoms with Crippen molar-refractivity contribution in [1.29, 1.82) is 0 Å². The van der Waals surface area contributed by atoms with E-state index in [0.717, 1.165) is 0 Å². The van der Waals surface area contributed by atoms with Crippen LogP contribution in [0.2, 0.25) is 0 Å². The fourth-order valence-corrected chi connectivity index (χ4v) is 1.47. The molecule has 94 valence electrons. The van der Waals surface area contributed by atoms with E-state index in [1.54, 1.807) is 17.9 Å². The Kier molecular flexibility index (Phi) is 4.22. The molecular weight excluding hydrogens is 220 g/mol. The van der Waals surface area contributed by atoms with E-state index in [-0.39, 0.29) is 12.6 Å². The number of aromatic nitrogens is 2. The number of primary amides is 1. The quantitative estimate of drug-likeness (QED) is 0.483. The third-order valence-corrected chi connectivity index (χ3v) is 2.22. The number of nitrogens with zero attached hydrogens (tertiary/aromatic N) is 3. The van der Waals surface area contributed by atoms with Gasteiger partial charge in [0.05, 0.1) is 6.54 Å². The molecule has 7 heteroatoms. The fraction of sp³-hybridized carbons (Fsp3) is 0.500. The monoisotopic (exact) mass is 238 g/mol. The summed E-state index contributed by atoms with van der Waals surface area (Å²) in [6, 6.07) is 1.78. The van der Waals surface area contributed by atoms with Gasteiger partial charge in [0, 0.05) is 12.1 Å². The number of nitrogens with one attached hydrogen (secondary N) is 1. The van der Waals surface area contributed by atoms with Crippen molar-refractivity contribution in [1.82, 2.24) is 9.97 Å². The number of amides is 1. The molecule has 0 aromatic carbocycles. The van der Waals surface area contributed by atoms with Crippen molar-refractivity contribution in [2.24, 2.45) is 11.6 Å². The Bertz CT molecular complexity index is 406. The van der Waals surface area contributed by atoms with E-state index in [1.807, 2.05) is 13.8 Å². The minimum atomic E-state index is -0.405. The summed E-state index contributed by atoms with van der Waals surface area (Å²) in [5, 5.41) is 0. The molecule has 0 aliphatic rings. The van der Waals surface area contributed by atoms with Crippen molar-refractivity contribution in [3.63, 3.8) is 0 Å². The van der Waals surface area contributed by atoms with E-state index in [4.69, 9.17) is 11.6 Å². The minimum absolute atomic E-state index is 0.0995. The molecule has 0 aliphatic heterocycles. The molecule has 5 N–H and O–H groups in total. The van der Waals surface area contributed by atoms with Gasteiger partial charge in [0.1, 0.15) is 17.5 Å². The smallest absolute Gasteiger partial charge is 0.237 e. The zero-order valence-corrected chi connectivity index (χ0v) is 10.3. The highest BCUT2D eigenvalue weighted by Gasteiger charge is 2.15. The standard InChI is InChI=1S/C10H18N6O/c1-6(2)16(5-8(11)17)10-4-9(15-12)13-7(3)14-10/h4,6H,5,12H2,1-3H3,(H2,11,17)(H,13,14,15). The summed E-state index contributed by atoms with van der Waals surface area (Å²) >= 11 is 0. The van der Waals surface area contributed by atoms with Crippen LogP contribution in [-0.4, -0.2) is 28.5 Å². The molecule has 0 saturated heterocycles. The summed E-state index contributed by atoms with van der Waals surface area (Å²) in [5.41, 5.74) is 7.67. The maximum absolute atomic E-state index is 11.0. The summed E-state index contributed by atoms with van der Waals surface area (Å²) in [5.74, 6) is 6.61. The zero-order valence-electron chi connectivity index (χ0n) is 10.3. The number of nitrogen functional groups attached to an aromatic ring is 1. The van der Waals surface area contributed by atoms with Crippen molar-refractivity contribution in [3.8, 4) is 0 Å². The summed E-state index contributed by atoms with van der Waals surface area (Å²) in [6.07, 6.45) is 0. The Morgan fingerprint density at radius 3 is 2.65 bits per heavy atom. The summed E-state index contributed by atoms with van der Waals surface area (Å²) < 4.78 is 0. The zero-order chi connectivity index (χ0) is 13.0. The second-order valence-electron chi connectivity index (χ2n) is 3.99. The first kappa shape index (κ1) is 13.2. The molecule has 0 spiro atoms. The maximum Gasteiger partial charge on any atom is 0.237 e. The lowest BCUT2D eigenvalue weighted by Gasteiger charge is -2.26. The normalized spacial score (nSPS) is 10.4. The van der Waals surface area contributed by atoms with Crippen LogP contribution in [0.1, 0.15) is 19.7 Å². The Morgan fingerprint density at radius 2 is 2.18 bits per heavy atom. The molecule has 0 aliphatic carbocycles. The number of hydrazine groups is 1. The number of carbonyl (C=O) groups is 1. The molecule has 1 heterocycles. The highest BCUT2D eigenvalue weighted by atomic mass is 16.1. The molecule has 17 heavy (non-hydrogen) atoms. The van der Waals surface area contributed by atoms with Gasteiger partial charge in [-0.15, -0.1) is 0 Å². The Hall–Kier alpha value is -1.89. The fourth-order valence-electron chi connectivity index (χ4n) is 1.47. The number of nitrogens with two attached hydrogens (primary N) is 2. The molecule has 1 aromatic heterocycles. The molecule has 1 amide bonds. The third-order valence-electron chi connectivity index (χ3n) is 2.22. The molecule has 1 rings (SSSR count). The summed E-state index contributed by atoms with van der Waals surface area (Å²) in [4.78, 5) is 21.2. The van der Waals surface area contributed by atoms with E-state index in [1.165, 1.54) is 0 Å². The highest BCUT2D eigenvalue weighted by Crippen LogP contribution is 2.17. The van der Waals surface area contributed by atoms with Crippen LogP contribution in [0.5, 0.6) is 0 Å². The minimum Gasteiger partial charge on any atom is -0.368 e. The molecule has 0 atom stereocenters. The molecule has 0 bridgehead atoms. The Balaban J connectivity index is 3.08. The van der Waals surface area contributed by atoms with Gasteiger partial charge < -0.3 is 16.1 Å². The number of carbonyl (C=O) groups excluding carboxylic acids is 1. The van der Waals surface area contributed by atoms with Crippen LogP contribution in [0.15, 0.2) is 6.07 Å². The van der Waals surface area contributed by atoms with Crippen molar-refractivity contribution < 1.29 is 4.79 Å². The number of hydrogen-bond donors (Lipinski definition) is 3. The van der Waals surface area contributed by atoms with Crippen LogP contribution in [0.25, 0.3) is 0 Å². The van der Waals surface area contributed by atoms with Gasteiger partial charge in [-0.25, -0.2) is 15.8 Å². The highest BCUT2D eigenvalue weighted by molar-refractivity contribution is 5.79. The second kappa shape index (κ2) is 5.44. The van der Waals surface area contributed by atoms with Crippen molar-refractivity contribution in [3.05, 3.63) is 11.9 Å². The third kappa shape index (κ3) is 3.56. The van der Waals surface area contributed by atoms with E-state index in [2.05, 4.69) is 15.4 Å². The van der Waals surface area contributed by atoms with Crippen molar-refractivity contribution in [2.75, 3.05) is 16.9 Å². The van der Waals surface area contributed by atoms with Gasteiger partial charge in [-0.3, -0.25) is 4.79 Å². The van der Waals surface area contributed by atoms with E-state index >= 15 is 0 Å². The van der Waals surface area contributed by atoms with E-state index in [0.29, 0.717) is 17.5 Å². The number of aryl methyl sites for hydroxylation is 1. The topological polar surface area (TPSA) is 110 Å². The Labute approximate surface area is 100 Å². The molecular formula is C10H18N6O. The molecule has 1 aromatic rings. The average molecular weight is 238 g/mol. The second-order valence-corrected chi connectivity index (χ2v) is 3.99. The Morgan fingerprint density at radius 1 is 1.53 bits per heavy atom. The molecule has 0 saturated carbocycles. The SMILES string of the molecule is Cc1nc(NN)cc(N(CC(N)=O)C(C)C)n1. The largest absolute Gasteiger partial charge is 0.368 e. The summed E-state index contributed by atoms with van der Waals surface area (Å²) in [7, 11) is 0. The molecule has 0 fully saturated rings. The maximum atomic E-state index is 11.0. The lowest BCUT2D eigenvalue weighted by atomic mass is 10.3. The first-order chi connectivity index (χ1) is 7.93.